The Bertz CT molecular complexity index is 753. The van der Waals surface area contributed by atoms with Crippen LogP contribution < -0.4 is 4.74 Å². The number of benzene rings is 1. The van der Waals surface area contributed by atoms with Crippen LogP contribution in [0.15, 0.2) is 34.8 Å². The van der Waals surface area contributed by atoms with Gasteiger partial charge in [0.2, 0.25) is 0 Å². The van der Waals surface area contributed by atoms with E-state index in [0.717, 1.165) is 9.33 Å². The van der Waals surface area contributed by atoms with Gasteiger partial charge in [0.05, 0.1) is 6.61 Å². The summed E-state index contributed by atoms with van der Waals surface area (Å²) in [5.74, 6) is 0.780. The van der Waals surface area contributed by atoms with E-state index in [1.54, 1.807) is 24.3 Å². The molecule has 0 atom stereocenters. The van der Waals surface area contributed by atoms with Gasteiger partial charge in [-0.2, -0.15) is 0 Å². The molecule has 1 aromatic carbocycles. The number of hydrogen-bond donors (Lipinski definition) is 0. The first-order valence-corrected chi connectivity index (χ1v) is 8.19. The molecule has 120 valence electrons. The molecule has 2 aromatic rings. The fraction of sp³-hybridized carbons (Fsp3) is 0.188. The first kappa shape index (κ1) is 16.4. The first-order valence-electron chi connectivity index (χ1n) is 6.74. The highest BCUT2D eigenvalue weighted by Gasteiger charge is 2.17. The molecule has 0 fully saturated rings. The summed E-state index contributed by atoms with van der Waals surface area (Å²) < 4.78 is 22.0. The molecule has 0 bridgehead atoms. The van der Waals surface area contributed by atoms with Crippen molar-refractivity contribution in [2.45, 2.75) is 13.2 Å². The Balaban J connectivity index is 1.65. The number of carbonyl (C=O) groups excluding carboxylic acids is 1. The van der Waals surface area contributed by atoms with Gasteiger partial charge in [-0.25, -0.2) is 4.79 Å². The maximum atomic E-state index is 11.8. The molecule has 1 aliphatic heterocycles. The van der Waals surface area contributed by atoms with Crippen molar-refractivity contribution in [3.63, 3.8) is 0 Å². The second-order valence-corrected chi connectivity index (χ2v) is 6.25. The predicted molar refractivity (Wildman–Crippen MR) is 92.0 cm³/mol. The van der Waals surface area contributed by atoms with Crippen molar-refractivity contribution in [1.82, 2.24) is 0 Å². The number of furan rings is 1. The van der Waals surface area contributed by atoms with E-state index >= 15 is 0 Å². The third kappa shape index (κ3) is 4.27. The van der Waals surface area contributed by atoms with E-state index in [0.29, 0.717) is 28.7 Å². The Hall–Kier alpha value is -1.51. The zero-order valence-electron chi connectivity index (χ0n) is 11.9. The van der Waals surface area contributed by atoms with Gasteiger partial charge in [0.1, 0.15) is 18.1 Å². The van der Waals surface area contributed by atoms with E-state index in [2.05, 4.69) is 22.6 Å². The van der Waals surface area contributed by atoms with Gasteiger partial charge in [0.25, 0.3) is 0 Å². The molecule has 5 nitrogen and oxygen atoms in total. The number of ether oxygens (including phenoxy) is 3. The van der Waals surface area contributed by atoms with E-state index in [1.807, 2.05) is 6.07 Å². The van der Waals surface area contributed by atoms with Crippen LogP contribution in [0.25, 0.3) is 6.08 Å². The van der Waals surface area contributed by atoms with Crippen molar-refractivity contribution in [1.29, 1.82) is 0 Å². The standard InChI is InChI=1S/C16H12ClIO5/c17-12-5-10-7-20-9-22-16(10)11(6-12)8-21-15(19)4-2-13-1-3-14(18)23-13/h1-6H,7-9H2/b4-2+. The van der Waals surface area contributed by atoms with E-state index in [9.17, 15) is 4.79 Å². The summed E-state index contributed by atoms with van der Waals surface area (Å²) in [5.41, 5.74) is 1.56. The molecule has 0 saturated heterocycles. The summed E-state index contributed by atoms with van der Waals surface area (Å²) in [7, 11) is 0. The highest BCUT2D eigenvalue weighted by molar-refractivity contribution is 14.1. The van der Waals surface area contributed by atoms with Gasteiger partial charge in [-0.05, 0) is 52.9 Å². The molecule has 3 rings (SSSR count). The zero-order chi connectivity index (χ0) is 16.2. The Morgan fingerprint density at radius 2 is 2.26 bits per heavy atom. The van der Waals surface area contributed by atoms with Gasteiger partial charge < -0.3 is 18.6 Å². The van der Waals surface area contributed by atoms with Gasteiger partial charge in [-0.3, -0.25) is 0 Å². The van der Waals surface area contributed by atoms with E-state index in [1.165, 1.54) is 6.08 Å². The van der Waals surface area contributed by atoms with E-state index in [-0.39, 0.29) is 13.4 Å². The van der Waals surface area contributed by atoms with Crippen molar-refractivity contribution < 1.29 is 23.4 Å². The lowest BCUT2D eigenvalue weighted by atomic mass is 10.1. The van der Waals surface area contributed by atoms with Crippen molar-refractivity contribution in [3.8, 4) is 5.75 Å². The lowest BCUT2D eigenvalue weighted by Gasteiger charge is -2.20. The number of carbonyl (C=O) groups is 1. The molecule has 0 aliphatic carbocycles. The quantitative estimate of drug-likeness (QED) is 0.401. The van der Waals surface area contributed by atoms with Crippen LogP contribution in [-0.4, -0.2) is 12.8 Å². The lowest BCUT2D eigenvalue weighted by Crippen LogP contribution is -2.14. The van der Waals surface area contributed by atoms with Crippen molar-refractivity contribution in [2.75, 3.05) is 6.79 Å². The molecule has 1 aromatic heterocycles. The van der Waals surface area contributed by atoms with Gasteiger partial charge in [0.15, 0.2) is 10.6 Å². The third-order valence-electron chi connectivity index (χ3n) is 3.10. The average molecular weight is 447 g/mol. The molecule has 0 unspecified atom stereocenters. The van der Waals surface area contributed by atoms with Gasteiger partial charge in [-0.1, -0.05) is 11.6 Å². The predicted octanol–water partition coefficient (Wildman–Crippen LogP) is 4.16. The van der Waals surface area contributed by atoms with Crippen LogP contribution in [0.1, 0.15) is 16.9 Å². The summed E-state index contributed by atoms with van der Waals surface area (Å²) in [6.07, 6.45) is 2.87. The largest absolute Gasteiger partial charge is 0.467 e. The van der Waals surface area contributed by atoms with Crippen LogP contribution in [0.3, 0.4) is 0 Å². The Morgan fingerprint density at radius 3 is 3.04 bits per heavy atom. The molecule has 1 aliphatic rings. The summed E-state index contributed by atoms with van der Waals surface area (Å²) in [6, 6.07) is 7.08. The highest BCUT2D eigenvalue weighted by Crippen LogP contribution is 2.32. The summed E-state index contributed by atoms with van der Waals surface area (Å²) >= 11 is 8.11. The van der Waals surface area contributed by atoms with Gasteiger partial charge in [-0.15, -0.1) is 0 Å². The van der Waals surface area contributed by atoms with Crippen LogP contribution in [0.4, 0.5) is 0 Å². The maximum absolute atomic E-state index is 11.8. The van der Waals surface area contributed by atoms with Crippen LogP contribution in [0, 0.1) is 3.77 Å². The maximum Gasteiger partial charge on any atom is 0.331 e. The zero-order valence-corrected chi connectivity index (χ0v) is 14.8. The first-order chi connectivity index (χ1) is 11.1. The van der Waals surface area contributed by atoms with E-state index < -0.39 is 5.97 Å². The minimum absolute atomic E-state index is 0.0712. The molecule has 2 heterocycles. The summed E-state index contributed by atoms with van der Waals surface area (Å²) in [4.78, 5) is 11.8. The fourth-order valence-corrected chi connectivity index (χ4v) is 2.83. The van der Waals surface area contributed by atoms with Crippen LogP contribution in [0.5, 0.6) is 5.75 Å². The van der Waals surface area contributed by atoms with Crippen molar-refractivity contribution >= 4 is 46.2 Å². The van der Waals surface area contributed by atoms with Crippen molar-refractivity contribution in [3.05, 3.63) is 56.0 Å². The molecule has 0 radical (unpaired) electrons. The topological polar surface area (TPSA) is 57.9 Å². The summed E-state index contributed by atoms with van der Waals surface area (Å²) in [6.45, 7) is 0.669. The third-order valence-corrected chi connectivity index (χ3v) is 3.90. The molecular formula is C16H12ClIO5. The molecule has 0 amide bonds. The van der Waals surface area contributed by atoms with Crippen LogP contribution in [0.2, 0.25) is 5.02 Å². The number of esters is 1. The molecule has 0 spiro atoms. The minimum Gasteiger partial charge on any atom is -0.467 e. The summed E-state index contributed by atoms with van der Waals surface area (Å²) in [5, 5.41) is 0.546. The second-order valence-electron chi connectivity index (χ2n) is 4.75. The Morgan fingerprint density at radius 1 is 1.39 bits per heavy atom. The number of rotatable bonds is 4. The second kappa shape index (κ2) is 7.37. The smallest absolute Gasteiger partial charge is 0.331 e. The molecular weight excluding hydrogens is 435 g/mol. The SMILES string of the molecule is O=C(/C=C/c1ccc(I)o1)OCc1cc(Cl)cc2c1OCOC2. The van der Waals surface area contributed by atoms with Gasteiger partial charge in [0, 0.05) is 22.2 Å². The Labute approximate surface area is 151 Å². The fourth-order valence-electron chi connectivity index (χ4n) is 2.13. The van der Waals surface area contributed by atoms with E-state index in [4.69, 9.17) is 30.2 Å². The monoisotopic (exact) mass is 446 g/mol. The van der Waals surface area contributed by atoms with Crippen LogP contribution in [-0.2, 0) is 27.5 Å². The molecule has 23 heavy (non-hydrogen) atoms. The van der Waals surface area contributed by atoms with Crippen molar-refractivity contribution in [2.24, 2.45) is 0 Å². The Kier molecular flexibility index (Phi) is 5.24. The molecule has 7 heteroatoms. The minimum atomic E-state index is -0.475. The number of hydrogen-bond acceptors (Lipinski definition) is 5. The van der Waals surface area contributed by atoms with Gasteiger partial charge >= 0.3 is 5.97 Å². The average Bonchev–Trinajstić information content (AvgIpc) is 2.96. The number of halogens is 2. The van der Waals surface area contributed by atoms with Crippen LogP contribution >= 0.6 is 34.2 Å². The lowest BCUT2D eigenvalue weighted by molar-refractivity contribution is -0.139. The number of fused-ring (bicyclic) bond motifs is 1. The normalized spacial score (nSPS) is 13.7. The highest BCUT2D eigenvalue weighted by atomic mass is 127. The molecule has 0 N–H and O–H groups in total. The molecule has 0 saturated carbocycles.